The van der Waals surface area contributed by atoms with Crippen LogP contribution in [0.5, 0.6) is 0 Å². The number of benzene rings is 3. The predicted molar refractivity (Wildman–Crippen MR) is 158 cm³/mol. The molecule has 0 aromatic heterocycles. The third-order valence-electron chi connectivity index (χ3n) is 7.42. The van der Waals surface area contributed by atoms with Gasteiger partial charge in [-0.15, -0.1) is 0 Å². The highest BCUT2D eigenvalue weighted by atomic mass is 32.2. The minimum Gasteiger partial charge on any atom is -0.368 e. The normalized spacial score (nSPS) is 18.4. The molecule has 0 saturated carbocycles. The zero-order valence-electron chi connectivity index (χ0n) is 22.0. The summed E-state index contributed by atoms with van der Waals surface area (Å²) in [4.78, 5) is 42.2. The van der Waals surface area contributed by atoms with Crippen LogP contribution in [0, 0.1) is 6.92 Å². The average Bonchev–Trinajstić information content (AvgIpc) is 3.32. The molecule has 8 heteroatoms. The second kappa shape index (κ2) is 11.1. The lowest BCUT2D eigenvalue weighted by Crippen LogP contribution is -2.49. The first-order chi connectivity index (χ1) is 19.1. The van der Waals surface area contributed by atoms with E-state index < -0.39 is 6.04 Å². The van der Waals surface area contributed by atoms with Crippen molar-refractivity contribution in [3.05, 3.63) is 95.6 Å². The molecule has 1 saturated heterocycles. The Morgan fingerprint density at radius 1 is 0.923 bits per heavy atom. The molecule has 198 valence electrons. The lowest BCUT2D eigenvalue weighted by atomic mass is 10.1. The van der Waals surface area contributed by atoms with Gasteiger partial charge in [-0.05, 0) is 43.2 Å². The first kappa shape index (κ1) is 25.4. The summed E-state index contributed by atoms with van der Waals surface area (Å²) in [6, 6.07) is 25.9. The lowest BCUT2D eigenvalue weighted by Gasteiger charge is -2.36. The van der Waals surface area contributed by atoms with Crippen LogP contribution in [-0.2, 0) is 15.3 Å². The maximum atomic E-state index is 13.6. The molecule has 1 fully saturated rings. The van der Waals surface area contributed by atoms with Crippen LogP contribution in [0.4, 0.5) is 11.4 Å². The third-order valence-corrected chi connectivity index (χ3v) is 8.43. The Balaban J connectivity index is 1.11. The number of carbonyl (C=O) groups is 2. The summed E-state index contributed by atoms with van der Waals surface area (Å²) in [6.07, 6.45) is 0.700. The highest BCUT2D eigenvalue weighted by Crippen LogP contribution is 2.35. The molecular weight excluding hydrogens is 506 g/mol. The van der Waals surface area contributed by atoms with Crippen molar-refractivity contribution >= 4 is 46.0 Å². The highest BCUT2D eigenvalue weighted by molar-refractivity contribution is 8.13. The maximum absolute atomic E-state index is 13.6. The molecule has 3 aliphatic heterocycles. The number of hydrogen-bond donors (Lipinski definition) is 0. The van der Waals surface area contributed by atoms with E-state index in [-0.39, 0.29) is 11.8 Å². The molecule has 0 aliphatic carbocycles. The number of nitrogens with zero attached hydrogens (tertiary/aromatic N) is 5. The fourth-order valence-electron chi connectivity index (χ4n) is 5.19. The molecule has 0 bridgehead atoms. The summed E-state index contributed by atoms with van der Waals surface area (Å²) in [5.41, 5.74) is 5.25. The maximum Gasteiger partial charge on any atom is 0.259 e. The number of anilines is 1. The molecule has 1 unspecified atom stereocenters. The van der Waals surface area contributed by atoms with Crippen molar-refractivity contribution in [2.24, 2.45) is 9.98 Å². The standard InChI is InChI=1S/C31H31N5O2S/c1-22-11-13-23(14-12-22)21-39-31-33-26-10-6-5-9-25(26)29-32-27(30(38)36(29)31)15-16-28(37)35-19-17-34(18-20-35)24-7-3-2-4-8-24/h2-14,27H,15-21H2,1H3. The fourth-order valence-corrected chi connectivity index (χ4v) is 6.15. The molecule has 2 amide bonds. The molecule has 0 N–H and O–H groups in total. The van der Waals surface area contributed by atoms with Gasteiger partial charge in [-0.25, -0.2) is 9.89 Å². The van der Waals surface area contributed by atoms with E-state index >= 15 is 0 Å². The SMILES string of the molecule is Cc1ccc(CSC2=Nc3ccccc3C3=NC(CCC(=O)N4CCN(c5ccccc5)CC4)C(=O)N23)cc1. The Morgan fingerprint density at radius 2 is 1.64 bits per heavy atom. The Kier molecular flexibility index (Phi) is 7.20. The van der Waals surface area contributed by atoms with Crippen LogP contribution in [0.3, 0.4) is 0 Å². The molecule has 3 aromatic carbocycles. The summed E-state index contributed by atoms with van der Waals surface area (Å²) in [5, 5.41) is 0.642. The van der Waals surface area contributed by atoms with Crippen molar-refractivity contribution in [1.29, 1.82) is 0 Å². The van der Waals surface area contributed by atoms with E-state index in [0.717, 1.165) is 24.3 Å². The van der Waals surface area contributed by atoms with Gasteiger partial charge < -0.3 is 9.80 Å². The van der Waals surface area contributed by atoms with Crippen LogP contribution in [-0.4, -0.2) is 64.8 Å². The second-order valence-corrected chi connectivity index (χ2v) is 11.0. The molecule has 3 heterocycles. The molecule has 3 aromatic rings. The van der Waals surface area contributed by atoms with E-state index in [4.69, 9.17) is 9.98 Å². The minimum absolute atomic E-state index is 0.0867. The molecule has 39 heavy (non-hydrogen) atoms. The van der Waals surface area contributed by atoms with Crippen molar-refractivity contribution in [2.75, 3.05) is 31.1 Å². The van der Waals surface area contributed by atoms with Crippen LogP contribution in [0.15, 0.2) is 88.8 Å². The van der Waals surface area contributed by atoms with E-state index in [0.29, 0.717) is 42.7 Å². The Bertz CT molecular complexity index is 1430. The first-order valence-corrected chi connectivity index (χ1v) is 14.4. The number of aryl methyl sites for hydroxylation is 1. The summed E-state index contributed by atoms with van der Waals surface area (Å²) in [6.45, 7) is 5.06. The fraction of sp³-hybridized carbons (Fsp3) is 0.290. The number of rotatable bonds is 6. The Morgan fingerprint density at radius 3 is 2.41 bits per heavy atom. The topological polar surface area (TPSA) is 68.6 Å². The molecular formula is C31H31N5O2S. The number of fused-ring (bicyclic) bond motifs is 3. The van der Waals surface area contributed by atoms with Gasteiger partial charge in [0.2, 0.25) is 5.91 Å². The van der Waals surface area contributed by atoms with Gasteiger partial charge >= 0.3 is 0 Å². The zero-order chi connectivity index (χ0) is 26.8. The molecule has 7 nitrogen and oxygen atoms in total. The third kappa shape index (κ3) is 5.34. The second-order valence-electron chi connectivity index (χ2n) is 10.1. The van der Waals surface area contributed by atoms with E-state index in [1.807, 2.05) is 47.4 Å². The molecule has 1 atom stereocenters. The number of amides is 2. The average molecular weight is 538 g/mol. The van der Waals surface area contributed by atoms with Gasteiger partial charge in [-0.2, -0.15) is 0 Å². The number of thioether (sulfide) groups is 1. The number of para-hydroxylation sites is 2. The summed E-state index contributed by atoms with van der Waals surface area (Å²) < 4.78 is 0. The number of aliphatic imine (C=N–C) groups is 2. The van der Waals surface area contributed by atoms with Crippen LogP contribution < -0.4 is 4.90 Å². The molecule has 6 rings (SSSR count). The van der Waals surface area contributed by atoms with Gasteiger partial charge in [-0.3, -0.25) is 14.6 Å². The Hall–Kier alpha value is -3.91. The highest BCUT2D eigenvalue weighted by Gasteiger charge is 2.41. The van der Waals surface area contributed by atoms with Crippen molar-refractivity contribution in [3.8, 4) is 0 Å². The van der Waals surface area contributed by atoms with Gasteiger partial charge in [0.1, 0.15) is 11.9 Å². The van der Waals surface area contributed by atoms with Gasteiger partial charge in [0.15, 0.2) is 5.17 Å². The van der Waals surface area contributed by atoms with E-state index in [1.165, 1.54) is 16.8 Å². The Labute approximate surface area is 233 Å². The largest absolute Gasteiger partial charge is 0.368 e. The van der Waals surface area contributed by atoms with Gasteiger partial charge in [0.25, 0.3) is 5.91 Å². The van der Waals surface area contributed by atoms with Crippen LogP contribution >= 0.6 is 11.8 Å². The van der Waals surface area contributed by atoms with Crippen LogP contribution in [0.25, 0.3) is 0 Å². The minimum atomic E-state index is -0.578. The van der Waals surface area contributed by atoms with E-state index in [1.54, 1.807) is 16.7 Å². The summed E-state index contributed by atoms with van der Waals surface area (Å²) >= 11 is 1.54. The predicted octanol–water partition coefficient (Wildman–Crippen LogP) is 5.02. The van der Waals surface area contributed by atoms with Crippen molar-refractivity contribution in [3.63, 3.8) is 0 Å². The smallest absolute Gasteiger partial charge is 0.259 e. The van der Waals surface area contributed by atoms with Gasteiger partial charge in [-0.1, -0.05) is 71.9 Å². The van der Waals surface area contributed by atoms with Crippen LogP contribution in [0.2, 0.25) is 0 Å². The molecule has 0 radical (unpaired) electrons. The van der Waals surface area contributed by atoms with Gasteiger partial charge in [0, 0.05) is 49.6 Å². The zero-order valence-corrected chi connectivity index (χ0v) is 22.8. The van der Waals surface area contributed by atoms with Crippen molar-refractivity contribution < 1.29 is 9.59 Å². The number of hydrogen-bond acceptors (Lipinski definition) is 6. The van der Waals surface area contributed by atoms with Crippen LogP contribution in [0.1, 0.15) is 29.5 Å². The van der Waals surface area contributed by atoms with E-state index in [9.17, 15) is 9.59 Å². The number of carbonyl (C=O) groups excluding carboxylic acids is 2. The van der Waals surface area contributed by atoms with Crippen molar-refractivity contribution in [1.82, 2.24) is 9.80 Å². The first-order valence-electron chi connectivity index (χ1n) is 13.4. The summed E-state index contributed by atoms with van der Waals surface area (Å²) in [5.74, 6) is 1.34. The molecule has 0 spiro atoms. The van der Waals surface area contributed by atoms with E-state index in [2.05, 4.69) is 48.2 Å². The monoisotopic (exact) mass is 537 g/mol. The quantitative estimate of drug-likeness (QED) is 0.443. The molecule has 3 aliphatic rings. The van der Waals surface area contributed by atoms with Gasteiger partial charge in [0.05, 0.1) is 5.69 Å². The number of piperazine rings is 1. The lowest BCUT2D eigenvalue weighted by molar-refractivity contribution is -0.131. The summed E-state index contributed by atoms with van der Waals surface area (Å²) in [7, 11) is 0. The van der Waals surface area contributed by atoms with Crippen molar-refractivity contribution in [2.45, 2.75) is 31.6 Å². The number of amidine groups is 2.